The van der Waals surface area contributed by atoms with Crippen molar-refractivity contribution >= 4 is 33.4 Å². The highest BCUT2D eigenvalue weighted by Gasteiger charge is 2.21. The highest BCUT2D eigenvalue weighted by atomic mass is 79.9. The minimum atomic E-state index is -0.646. The second kappa shape index (κ2) is 6.08. The zero-order valence-corrected chi connectivity index (χ0v) is 13.2. The Kier molecular flexibility index (Phi) is 4.41. The summed E-state index contributed by atoms with van der Waals surface area (Å²) in [6.45, 7) is 4.73. The van der Waals surface area contributed by atoms with Crippen LogP contribution in [0.3, 0.4) is 0 Å². The van der Waals surface area contributed by atoms with Crippen LogP contribution in [0.1, 0.15) is 34.8 Å². The zero-order chi connectivity index (χ0) is 15.6. The summed E-state index contributed by atoms with van der Waals surface area (Å²) in [6.07, 6.45) is 2.95. The maximum Gasteiger partial charge on any atom is 0.275 e. The van der Waals surface area contributed by atoms with E-state index in [1.54, 1.807) is 10.9 Å². The van der Waals surface area contributed by atoms with E-state index in [4.69, 9.17) is 5.73 Å². The molecule has 2 rings (SSSR count). The molecule has 112 valence electrons. The summed E-state index contributed by atoms with van der Waals surface area (Å²) in [5.74, 6) is -1.04. The molecule has 0 atom stereocenters. The number of aromatic nitrogens is 4. The number of carbonyl (C=O) groups is 2. The van der Waals surface area contributed by atoms with Crippen molar-refractivity contribution in [2.45, 2.75) is 26.9 Å². The molecule has 3 N–H and O–H groups in total. The lowest BCUT2D eigenvalue weighted by Gasteiger charge is -2.08. The molecule has 9 heteroatoms. The number of nitrogens with two attached hydrogens (primary N) is 1. The number of halogens is 1. The molecule has 0 aliphatic carbocycles. The van der Waals surface area contributed by atoms with Gasteiger partial charge in [0.2, 0.25) is 0 Å². The molecule has 0 spiro atoms. The second-order valence-corrected chi connectivity index (χ2v) is 5.05. The molecule has 0 saturated carbocycles. The monoisotopic (exact) mass is 354 g/mol. The lowest BCUT2D eigenvalue weighted by atomic mass is 10.3. The van der Waals surface area contributed by atoms with Gasteiger partial charge in [-0.25, -0.2) is 0 Å². The Morgan fingerprint density at radius 3 is 2.33 bits per heavy atom. The summed E-state index contributed by atoms with van der Waals surface area (Å²) in [7, 11) is 0. The second-order valence-electron chi connectivity index (χ2n) is 4.20. The van der Waals surface area contributed by atoms with Gasteiger partial charge in [-0.15, -0.1) is 0 Å². The van der Waals surface area contributed by atoms with Gasteiger partial charge in [-0.1, -0.05) is 0 Å². The highest BCUT2D eigenvalue weighted by Crippen LogP contribution is 2.20. The lowest BCUT2D eigenvalue weighted by molar-refractivity contribution is 0.0991. The number of rotatable bonds is 5. The minimum Gasteiger partial charge on any atom is -0.364 e. The molecule has 0 radical (unpaired) electrons. The topological polar surface area (TPSA) is 108 Å². The number of primary amides is 1. The van der Waals surface area contributed by atoms with E-state index in [9.17, 15) is 9.59 Å². The van der Waals surface area contributed by atoms with Gasteiger partial charge in [0.25, 0.3) is 11.8 Å². The molecule has 2 heterocycles. The maximum absolute atomic E-state index is 12.4. The van der Waals surface area contributed by atoms with Crippen molar-refractivity contribution in [2.75, 3.05) is 5.32 Å². The van der Waals surface area contributed by atoms with E-state index in [0.717, 1.165) is 0 Å². The van der Waals surface area contributed by atoms with Crippen LogP contribution in [0.25, 0.3) is 0 Å². The van der Waals surface area contributed by atoms with Gasteiger partial charge in [-0.2, -0.15) is 10.2 Å². The number of nitrogens with one attached hydrogen (secondary N) is 1. The largest absolute Gasteiger partial charge is 0.364 e. The Bertz CT molecular complexity index is 690. The van der Waals surface area contributed by atoms with Gasteiger partial charge in [0.1, 0.15) is 11.4 Å². The third-order valence-corrected chi connectivity index (χ3v) is 3.51. The molecule has 0 fully saturated rings. The SMILES string of the molecule is CCn1ncc(Br)c1C(=O)Nc1cnn(CC)c1C(N)=O. The van der Waals surface area contributed by atoms with Crippen LogP contribution < -0.4 is 11.1 Å². The van der Waals surface area contributed by atoms with Gasteiger partial charge in [-0.3, -0.25) is 19.0 Å². The van der Waals surface area contributed by atoms with Crippen molar-refractivity contribution in [1.82, 2.24) is 19.6 Å². The van der Waals surface area contributed by atoms with Crippen LogP contribution in [0, 0.1) is 0 Å². The number of aryl methyl sites for hydroxylation is 2. The Morgan fingerprint density at radius 1 is 1.19 bits per heavy atom. The van der Waals surface area contributed by atoms with E-state index in [1.165, 1.54) is 10.9 Å². The van der Waals surface area contributed by atoms with Crippen molar-refractivity contribution in [3.63, 3.8) is 0 Å². The van der Waals surface area contributed by atoms with E-state index in [1.807, 2.05) is 13.8 Å². The first-order chi connectivity index (χ1) is 9.99. The summed E-state index contributed by atoms with van der Waals surface area (Å²) < 4.78 is 3.56. The molecule has 2 aromatic rings. The first-order valence-electron chi connectivity index (χ1n) is 6.37. The molecule has 2 amide bonds. The molecule has 0 aliphatic rings. The molecule has 0 aromatic carbocycles. The van der Waals surface area contributed by atoms with Crippen LogP contribution >= 0.6 is 15.9 Å². The fraction of sp³-hybridized carbons (Fsp3) is 0.333. The first-order valence-corrected chi connectivity index (χ1v) is 7.17. The Balaban J connectivity index is 2.34. The predicted octanol–water partition coefficient (Wildman–Crippen LogP) is 1.23. The number of carbonyl (C=O) groups excluding carboxylic acids is 2. The molecular weight excluding hydrogens is 340 g/mol. The summed E-state index contributed by atoms with van der Waals surface area (Å²) in [5, 5.41) is 10.7. The lowest BCUT2D eigenvalue weighted by Crippen LogP contribution is -2.22. The average Bonchev–Trinajstić information content (AvgIpc) is 3.01. The molecular formula is C12H15BrN6O2. The highest BCUT2D eigenvalue weighted by molar-refractivity contribution is 9.10. The molecule has 0 saturated heterocycles. The van der Waals surface area contributed by atoms with E-state index in [-0.39, 0.29) is 17.3 Å². The molecule has 0 unspecified atom stereocenters. The van der Waals surface area contributed by atoms with Gasteiger partial charge in [0.05, 0.1) is 22.6 Å². The van der Waals surface area contributed by atoms with Crippen LogP contribution in [0.2, 0.25) is 0 Å². The van der Waals surface area contributed by atoms with Crippen molar-refractivity contribution in [1.29, 1.82) is 0 Å². The molecule has 21 heavy (non-hydrogen) atoms. The average molecular weight is 355 g/mol. The van der Waals surface area contributed by atoms with E-state index in [0.29, 0.717) is 23.3 Å². The summed E-state index contributed by atoms with van der Waals surface area (Å²) >= 11 is 3.28. The summed E-state index contributed by atoms with van der Waals surface area (Å²) in [6, 6.07) is 0. The smallest absolute Gasteiger partial charge is 0.275 e. The quantitative estimate of drug-likeness (QED) is 0.841. The normalized spacial score (nSPS) is 10.6. The van der Waals surface area contributed by atoms with Gasteiger partial charge in [0.15, 0.2) is 0 Å². The third-order valence-electron chi connectivity index (χ3n) is 2.93. The van der Waals surface area contributed by atoms with Crippen LogP contribution in [0.4, 0.5) is 5.69 Å². The van der Waals surface area contributed by atoms with Gasteiger partial charge >= 0.3 is 0 Å². The predicted molar refractivity (Wildman–Crippen MR) is 80.0 cm³/mol. The maximum atomic E-state index is 12.4. The zero-order valence-electron chi connectivity index (χ0n) is 11.6. The van der Waals surface area contributed by atoms with Gasteiger partial charge in [-0.05, 0) is 29.8 Å². The number of hydrogen-bond donors (Lipinski definition) is 2. The van der Waals surface area contributed by atoms with Crippen molar-refractivity contribution < 1.29 is 9.59 Å². The van der Waals surface area contributed by atoms with E-state index < -0.39 is 5.91 Å². The van der Waals surface area contributed by atoms with Crippen molar-refractivity contribution in [2.24, 2.45) is 5.73 Å². The molecule has 0 bridgehead atoms. The molecule has 0 aliphatic heterocycles. The van der Waals surface area contributed by atoms with Crippen molar-refractivity contribution in [3.8, 4) is 0 Å². The van der Waals surface area contributed by atoms with E-state index in [2.05, 4.69) is 31.4 Å². The van der Waals surface area contributed by atoms with Crippen LogP contribution in [0.15, 0.2) is 16.9 Å². The number of nitrogens with zero attached hydrogens (tertiary/aromatic N) is 4. The fourth-order valence-electron chi connectivity index (χ4n) is 1.99. The summed E-state index contributed by atoms with van der Waals surface area (Å²) in [4.78, 5) is 23.9. The van der Waals surface area contributed by atoms with Crippen LogP contribution in [-0.4, -0.2) is 31.4 Å². The van der Waals surface area contributed by atoms with Crippen LogP contribution in [-0.2, 0) is 13.1 Å². The third kappa shape index (κ3) is 2.82. The Labute approximate surface area is 129 Å². The molecule has 8 nitrogen and oxygen atoms in total. The van der Waals surface area contributed by atoms with E-state index >= 15 is 0 Å². The van der Waals surface area contributed by atoms with Gasteiger partial charge < -0.3 is 11.1 Å². The fourth-order valence-corrected chi connectivity index (χ4v) is 2.46. The van der Waals surface area contributed by atoms with Crippen molar-refractivity contribution in [3.05, 3.63) is 28.3 Å². The van der Waals surface area contributed by atoms with Gasteiger partial charge in [0, 0.05) is 13.1 Å². The Morgan fingerprint density at radius 2 is 1.76 bits per heavy atom. The minimum absolute atomic E-state index is 0.171. The Hall–Kier alpha value is -2.16. The number of hydrogen-bond acceptors (Lipinski definition) is 4. The molecule has 2 aromatic heterocycles. The standard InChI is InChI=1S/C12H15BrN6O2/c1-3-18-9(7(13)5-15-18)12(21)17-8-6-16-19(4-2)10(8)11(14)20/h5-6H,3-4H2,1-2H3,(H2,14,20)(H,17,21). The number of anilines is 1. The first kappa shape index (κ1) is 15.2. The van der Waals surface area contributed by atoms with Crippen LogP contribution in [0.5, 0.6) is 0 Å². The number of amides is 2. The summed E-state index contributed by atoms with van der Waals surface area (Å²) in [5.41, 5.74) is 6.16.